The fourth-order valence-corrected chi connectivity index (χ4v) is 3.92. The Balaban J connectivity index is 2.05. The first-order valence-electron chi connectivity index (χ1n) is 7.55. The van der Waals surface area contributed by atoms with Crippen LogP contribution in [0.15, 0.2) is 5.38 Å². The minimum atomic E-state index is 0.212. The maximum atomic E-state index is 4.68. The Labute approximate surface area is 122 Å². The summed E-state index contributed by atoms with van der Waals surface area (Å²) in [6, 6.07) is 0. The Morgan fingerprint density at radius 2 is 1.95 bits per heavy atom. The van der Waals surface area contributed by atoms with Crippen LogP contribution in [0.25, 0.3) is 0 Å². The molecule has 0 atom stereocenters. The molecule has 1 saturated carbocycles. The first-order valence-corrected chi connectivity index (χ1v) is 8.43. The van der Waals surface area contributed by atoms with Crippen LogP contribution in [0.2, 0.25) is 0 Å². The molecule has 0 spiro atoms. The molecular formula is C16H28N2S. The number of thiazole rings is 1. The predicted molar refractivity (Wildman–Crippen MR) is 83.8 cm³/mol. The Kier molecular flexibility index (Phi) is 4.67. The van der Waals surface area contributed by atoms with Crippen LogP contribution in [0.5, 0.6) is 0 Å². The van der Waals surface area contributed by atoms with E-state index in [1.54, 1.807) is 0 Å². The van der Waals surface area contributed by atoms with Gasteiger partial charge in [0.1, 0.15) is 0 Å². The molecule has 1 heterocycles. The highest BCUT2D eigenvalue weighted by Gasteiger charge is 2.33. The molecule has 108 valence electrons. The van der Waals surface area contributed by atoms with Crippen molar-refractivity contribution in [2.75, 3.05) is 6.54 Å². The average Bonchev–Trinajstić information content (AvgIpc) is 2.73. The summed E-state index contributed by atoms with van der Waals surface area (Å²) < 4.78 is 0. The van der Waals surface area contributed by atoms with Gasteiger partial charge in [0, 0.05) is 29.6 Å². The minimum Gasteiger partial charge on any atom is -0.312 e. The first kappa shape index (κ1) is 15.0. The molecule has 0 unspecified atom stereocenters. The Hall–Kier alpha value is -0.410. The summed E-state index contributed by atoms with van der Waals surface area (Å²) in [6.45, 7) is 10.0. The summed E-state index contributed by atoms with van der Waals surface area (Å²) in [5.41, 5.74) is 1.83. The molecule has 2 rings (SSSR count). The van der Waals surface area contributed by atoms with Crippen molar-refractivity contribution in [3.63, 3.8) is 0 Å². The normalized spacial score (nSPS) is 19.6. The van der Waals surface area contributed by atoms with Crippen LogP contribution < -0.4 is 5.32 Å². The fourth-order valence-electron chi connectivity index (χ4n) is 2.98. The van der Waals surface area contributed by atoms with Gasteiger partial charge in [0.05, 0.1) is 5.01 Å². The van der Waals surface area contributed by atoms with Gasteiger partial charge in [-0.2, -0.15) is 0 Å². The van der Waals surface area contributed by atoms with Crippen molar-refractivity contribution in [2.24, 2.45) is 5.41 Å². The Morgan fingerprint density at radius 1 is 1.26 bits per heavy atom. The highest BCUT2D eigenvalue weighted by Crippen LogP contribution is 2.39. The smallest absolute Gasteiger partial charge is 0.0934 e. The fraction of sp³-hybridized carbons (Fsp3) is 0.812. The topological polar surface area (TPSA) is 24.9 Å². The van der Waals surface area contributed by atoms with E-state index in [0.717, 1.165) is 13.0 Å². The standard InChI is InChI=1S/C16H28N2S/c1-13-11-19-14(18-13)10-16(8-6-5-7-9-16)12-17-15(2,3)4/h11,17H,5-10,12H2,1-4H3. The molecule has 1 aromatic heterocycles. The van der Waals surface area contributed by atoms with Gasteiger partial charge in [-0.05, 0) is 46.0 Å². The quantitative estimate of drug-likeness (QED) is 0.888. The Bertz CT molecular complexity index is 397. The van der Waals surface area contributed by atoms with Gasteiger partial charge >= 0.3 is 0 Å². The van der Waals surface area contributed by atoms with E-state index in [1.807, 2.05) is 11.3 Å². The summed E-state index contributed by atoms with van der Waals surface area (Å²) >= 11 is 1.84. The largest absolute Gasteiger partial charge is 0.312 e. The molecule has 3 heteroatoms. The lowest BCUT2D eigenvalue weighted by atomic mass is 9.71. The van der Waals surface area contributed by atoms with E-state index in [2.05, 4.69) is 43.4 Å². The number of aryl methyl sites for hydroxylation is 1. The van der Waals surface area contributed by atoms with Crippen LogP contribution in [0.1, 0.15) is 63.6 Å². The van der Waals surface area contributed by atoms with Gasteiger partial charge in [-0.3, -0.25) is 0 Å². The lowest BCUT2D eigenvalue weighted by molar-refractivity contribution is 0.165. The summed E-state index contributed by atoms with van der Waals surface area (Å²) in [5.74, 6) is 0. The van der Waals surface area contributed by atoms with Crippen molar-refractivity contribution in [3.8, 4) is 0 Å². The van der Waals surface area contributed by atoms with Crippen LogP contribution in [0, 0.1) is 12.3 Å². The zero-order chi connectivity index (χ0) is 13.9. The molecule has 1 N–H and O–H groups in total. The zero-order valence-corrected chi connectivity index (χ0v) is 13.7. The molecule has 0 radical (unpaired) electrons. The number of rotatable bonds is 4. The second-order valence-electron chi connectivity index (χ2n) is 7.22. The van der Waals surface area contributed by atoms with E-state index in [0.29, 0.717) is 5.41 Å². The highest BCUT2D eigenvalue weighted by atomic mass is 32.1. The molecule has 1 fully saturated rings. The number of hydrogen-bond acceptors (Lipinski definition) is 3. The predicted octanol–water partition coefficient (Wildman–Crippen LogP) is 4.33. The number of nitrogens with zero attached hydrogens (tertiary/aromatic N) is 1. The summed E-state index contributed by atoms with van der Waals surface area (Å²) in [7, 11) is 0. The van der Waals surface area contributed by atoms with Crippen molar-refractivity contribution >= 4 is 11.3 Å². The average molecular weight is 280 g/mol. The molecule has 0 bridgehead atoms. The van der Waals surface area contributed by atoms with Crippen LogP contribution in [-0.2, 0) is 6.42 Å². The van der Waals surface area contributed by atoms with Crippen LogP contribution in [0.4, 0.5) is 0 Å². The van der Waals surface area contributed by atoms with Crippen molar-refractivity contribution in [1.29, 1.82) is 0 Å². The molecule has 1 aliphatic carbocycles. The molecule has 1 aromatic rings. The maximum absolute atomic E-state index is 4.68. The molecule has 0 aromatic carbocycles. The maximum Gasteiger partial charge on any atom is 0.0934 e. The zero-order valence-electron chi connectivity index (χ0n) is 12.9. The second-order valence-corrected chi connectivity index (χ2v) is 8.17. The van der Waals surface area contributed by atoms with E-state index < -0.39 is 0 Å². The van der Waals surface area contributed by atoms with Gasteiger partial charge in [-0.15, -0.1) is 11.3 Å². The van der Waals surface area contributed by atoms with Gasteiger partial charge in [-0.1, -0.05) is 19.3 Å². The number of hydrogen-bond donors (Lipinski definition) is 1. The molecular weight excluding hydrogens is 252 g/mol. The van der Waals surface area contributed by atoms with E-state index >= 15 is 0 Å². The van der Waals surface area contributed by atoms with Crippen LogP contribution in [0.3, 0.4) is 0 Å². The van der Waals surface area contributed by atoms with Crippen molar-refractivity contribution < 1.29 is 0 Å². The van der Waals surface area contributed by atoms with Crippen LogP contribution >= 0.6 is 11.3 Å². The van der Waals surface area contributed by atoms with E-state index in [-0.39, 0.29) is 5.54 Å². The third kappa shape index (κ3) is 4.57. The first-order chi connectivity index (χ1) is 8.89. The molecule has 1 aliphatic rings. The summed E-state index contributed by atoms with van der Waals surface area (Å²) in [4.78, 5) is 4.68. The van der Waals surface area contributed by atoms with Crippen LogP contribution in [-0.4, -0.2) is 17.1 Å². The molecule has 0 amide bonds. The Morgan fingerprint density at radius 3 is 2.47 bits per heavy atom. The summed E-state index contributed by atoms with van der Waals surface area (Å²) in [5, 5.41) is 7.25. The van der Waals surface area contributed by atoms with Crippen molar-refractivity contribution in [2.45, 2.75) is 71.8 Å². The van der Waals surface area contributed by atoms with Gasteiger partial charge in [0.15, 0.2) is 0 Å². The third-order valence-corrected chi connectivity index (χ3v) is 5.07. The van der Waals surface area contributed by atoms with Crippen molar-refractivity contribution in [1.82, 2.24) is 10.3 Å². The molecule has 19 heavy (non-hydrogen) atoms. The second kappa shape index (κ2) is 5.92. The summed E-state index contributed by atoms with van der Waals surface area (Å²) in [6.07, 6.45) is 8.05. The van der Waals surface area contributed by atoms with E-state index in [1.165, 1.54) is 42.8 Å². The van der Waals surface area contributed by atoms with Gasteiger partial charge < -0.3 is 5.32 Å². The highest BCUT2D eigenvalue weighted by molar-refractivity contribution is 7.09. The monoisotopic (exact) mass is 280 g/mol. The molecule has 2 nitrogen and oxygen atoms in total. The lowest BCUT2D eigenvalue weighted by Gasteiger charge is -2.39. The molecule has 0 saturated heterocycles. The van der Waals surface area contributed by atoms with E-state index in [4.69, 9.17) is 0 Å². The van der Waals surface area contributed by atoms with E-state index in [9.17, 15) is 0 Å². The number of nitrogens with one attached hydrogen (secondary N) is 1. The third-order valence-electron chi connectivity index (χ3n) is 4.10. The van der Waals surface area contributed by atoms with Gasteiger partial charge in [-0.25, -0.2) is 4.98 Å². The lowest BCUT2D eigenvalue weighted by Crippen LogP contribution is -2.45. The minimum absolute atomic E-state index is 0.212. The van der Waals surface area contributed by atoms with Gasteiger partial charge in [0.25, 0.3) is 0 Å². The number of aromatic nitrogens is 1. The SMILES string of the molecule is Cc1csc(CC2(CNC(C)(C)C)CCCCC2)n1. The van der Waals surface area contributed by atoms with Crippen molar-refractivity contribution in [3.05, 3.63) is 16.1 Å². The molecule has 0 aliphatic heterocycles. The van der Waals surface area contributed by atoms with Gasteiger partial charge in [0.2, 0.25) is 0 Å².